The maximum atomic E-state index is 13.2. The highest BCUT2D eigenvalue weighted by Gasteiger charge is 2.31. The zero-order valence-electron chi connectivity index (χ0n) is 14.3. The lowest BCUT2D eigenvalue weighted by molar-refractivity contribution is 0.0960. The molecule has 1 aliphatic rings. The van der Waals surface area contributed by atoms with E-state index in [0.29, 0.717) is 13.2 Å². The van der Waals surface area contributed by atoms with Crippen molar-refractivity contribution in [2.24, 2.45) is 0 Å². The zero-order chi connectivity index (χ0) is 17.2. The molecule has 0 spiro atoms. The van der Waals surface area contributed by atoms with Crippen LogP contribution in [-0.4, -0.2) is 18.9 Å². The van der Waals surface area contributed by atoms with Gasteiger partial charge in [0.15, 0.2) is 5.78 Å². The van der Waals surface area contributed by atoms with E-state index in [1.807, 2.05) is 36.4 Å². The maximum Gasteiger partial charge on any atom is 0.174 e. The molecule has 0 bridgehead atoms. The Bertz CT molecular complexity index is 927. The predicted molar refractivity (Wildman–Crippen MR) is 102 cm³/mol. The Balaban J connectivity index is 1.75. The van der Waals surface area contributed by atoms with Crippen LogP contribution in [0.3, 0.4) is 0 Å². The van der Waals surface area contributed by atoms with E-state index in [1.54, 1.807) is 0 Å². The number of fused-ring (bicyclic) bond motifs is 2. The number of ketones is 1. The first-order chi connectivity index (χ1) is 12.3. The van der Waals surface area contributed by atoms with Gasteiger partial charge in [0.2, 0.25) is 0 Å². The van der Waals surface area contributed by atoms with E-state index in [2.05, 4.69) is 36.5 Å². The second-order valence-electron chi connectivity index (χ2n) is 6.39. The van der Waals surface area contributed by atoms with Crippen molar-refractivity contribution in [3.05, 3.63) is 71.8 Å². The van der Waals surface area contributed by atoms with Gasteiger partial charge in [-0.25, -0.2) is 0 Å². The molecule has 0 aliphatic carbocycles. The minimum absolute atomic E-state index is 0.159. The summed E-state index contributed by atoms with van der Waals surface area (Å²) in [6.07, 6.45) is 0.941. The fourth-order valence-corrected chi connectivity index (χ4v) is 3.54. The van der Waals surface area contributed by atoms with Crippen LogP contribution in [0.2, 0.25) is 0 Å². The predicted octanol–water partition coefficient (Wildman–Crippen LogP) is 5.02. The second kappa shape index (κ2) is 6.60. The van der Waals surface area contributed by atoms with Gasteiger partial charge in [-0.2, -0.15) is 0 Å². The minimum Gasteiger partial charge on any atom is -0.491 e. The first-order valence-electron chi connectivity index (χ1n) is 8.81. The van der Waals surface area contributed by atoms with E-state index in [1.165, 1.54) is 5.39 Å². The summed E-state index contributed by atoms with van der Waals surface area (Å²) >= 11 is 0. The molecular formula is C22H21NO2. The van der Waals surface area contributed by atoms with Crippen molar-refractivity contribution in [3.8, 4) is 5.75 Å². The van der Waals surface area contributed by atoms with E-state index < -0.39 is 0 Å². The fraction of sp³-hybridized carbons (Fsp3) is 0.227. The minimum atomic E-state index is -0.181. The quantitative estimate of drug-likeness (QED) is 0.729. The lowest BCUT2D eigenvalue weighted by Gasteiger charge is -2.27. The molecule has 4 rings (SSSR count). The van der Waals surface area contributed by atoms with Crippen molar-refractivity contribution in [2.45, 2.75) is 19.3 Å². The average molecular weight is 331 g/mol. The number of carbonyl (C=O) groups is 1. The molecule has 1 N–H and O–H groups in total. The molecule has 0 aromatic heterocycles. The van der Waals surface area contributed by atoms with Crippen LogP contribution in [-0.2, 0) is 0 Å². The van der Waals surface area contributed by atoms with E-state index in [9.17, 15) is 4.79 Å². The van der Waals surface area contributed by atoms with Crippen molar-refractivity contribution < 1.29 is 9.53 Å². The number of ether oxygens (including phenoxy) is 1. The Morgan fingerprint density at radius 3 is 2.72 bits per heavy atom. The number of nitrogens with one attached hydrogen (secondary N) is 1. The van der Waals surface area contributed by atoms with Crippen molar-refractivity contribution >= 4 is 22.2 Å². The number of carbonyl (C=O) groups excluding carboxylic acids is 1. The summed E-state index contributed by atoms with van der Waals surface area (Å²) in [6, 6.07) is 20.1. The summed E-state index contributed by atoms with van der Waals surface area (Å²) in [5, 5.41) is 5.75. The molecule has 0 saturated carbocycles. The lowest BCUT2D eigenvalue weighted by atomic mass is 9.84. The van der Waals surface area contributed by atoms with Gasteiger partial charge in [-0.1, -0.05) is 55.5 Å². The average Bonchev–Trinajstić information content (AvgIpc) is 2.66. The Labute approximate surface area is 147 Å². The number of rotatable bonds is 4. The summed E-state index contributed by atoms with van der Waals surface area (Å²) < 4.78 is 5.80. The molecule has 1 unspecified atom stereocenters. The molecule has 3 aromatic carbocycles. The Hall–Kier alpha value is -2.81. The van der Waals surface area contributed by atoms with Gasteiger partial charge in [-0.15, -0.1) is 0 Å². The van der Waals surface area contributed by atoms with Crippen LogP contribution >= 0.6 is 0 Å². The maximum absolute atomic E-state index is 13.2. The van der Waals surface area contributed by atoms with Crippen LogP contribution < -0.4 is 10.1 Å². The summed E-state index contributed by atoms with van der Waals surface area (Å²) in [4.78, 5) is 13.2. The van der Waals surface area contributed by atoms with Crippen LogP contribution in [0.4, 0.5) is 5.69 Å². The zero-order valence-corrected chi connectivity index (χ0v) is 14.3. The Morgan fingerprint density at radius 1 is 1.04 bits per heavy atom. The van der Waals surface area contributed by atoms with Gasteiger partial charge in [0.1, 0.15) is 5.75 Å². The molecule has 3 aromatic rings. The van der Waals surface area contributed by atoms with Gasteiger partial charge in [-0.05, 0) is 34.9 Å². The molecule has 0 saturated heterocycles. The van der Waals surface area contributed by atoms with Gasteiger partial charge in [-0.3, -0.25) is 4.79 Å². The van der Waals surface area contributed by atoms with Crippen molar-refractivity contribution in [1.82, 2.24) is 0 Å². The second-order valence-corrected chi connectivity index (χ2v) is 6.39. The molecular weight excluding hydrogens is 310 g/mol. The molecule has 126 valence electrons. The van der Waals surface area contributed by atoms with E-state index in [0.717, 1.165) is 34.4 Å². The molecule has 1 aliphatic heterocycles. The van der Waals surface area contributed by atoms with Crippen LogP contribution in [0, 0.1) is 0 Å². The van der Waals surface area contributed by atoms with E-state index >= 15 is 0 Å². The number of anilines is 1. The van der Waals surface area contributed by atoms with Crippen LogP contribution in [0.25, 0.3) is 10.8 Å². The third-order valence-electron chi connectivity index (χ3n) is 4.75. The van der Waals surface area contributed by atoms with Gasteiger partial charge in [0.05, 0.1) is 18.2 Å². The topological polar surface area (TPSA) is 38.3 Å². The van der Waals surface area contributed by atoms with Crippen molar-refractivity contribution in [2.75, 3.05) is 18.5 Å². The summed E-state index contributed by atoms with van der Waals surface area (Å²) in [7, 11) is 0. The molecule has 1 atom stereocenters. The first kappa shape index (κ1) is 15.7. The molecule has 0 fully saturated rings. The summed E-state index contributed by atoms with van der Waals surface area (Å²) in [5.74, 6) is 0.746. The highest BCUT2D eigenvalue weighted by atomic mass is 16.5. The fourth-order valence-electron chi connectivity index (χ4n) is 3.54. The Morgan fingerprint density at radius 2 is 1.84 bits per heavy atom. The molecule has 0 amide bonds. The highest BCUT2D eigenvalue weighted by molar-refractivity contribution is 6.09. The largest absolute Gasteiger partial charge is 0.491 e. The van der Waals surface area contributed by atoms with Crippen LogP contribution in [0.1, 0.15) is 35.2 Å². The van der Waals surface area contributed by atoms with Gasteiger partial charge in [0.25, 0.3) is 0 Å². The number of hydrogen-bond donors (Lipinski definition) is 1. The third kappa shape index (κ3) is 2.76. The van der Waals surface area contributed by atoms with Crippen LogP contribution in [0.5, 0.6) is 5.75 Å². The smallest absolute Gasteiger partial charge is 0.174 e. The number of para-hydroxylation sites is 1. The van der Waals surface area contributed by atoms with Gasteiger partial charge in [0, 0.05) is 12.1 Å². The van der Waals surface area contributed by atoms with Crippen molar-refractivity contribution in [3.63, 3.8) is 0 Å². The third-order valence-corrected chi connectivity index (χ3v) is 4.75. The first-order valence-corrected chi connectivity index (χ1v) is 8.81. The molecule has 1 heterocycles. The SMILES string of the molecule is CCCOc1cccc2c1NCC(c1cccc3ccccc13)C2=O. The summed E-state index contributed by atoms with van der Waals surface area (Å²) in [5.41, 5.74) is 2.64. The van der Waals surface area contributed by atoms with Crippen LogP contribution in [0.15, 0.2) is 60.7 Å². The highest BCUT2D eigenvalue weighted by Crippen LogP contribution is 2.38. The number of benzene rings is 3. The molecule has 3 heteroatoms. The molecule has 25 heavy (non-hydrogen) atoms. The lowest BCUT2D eigenvalue weighted by Crippen LogP contribution is -2.28. The Kier molecular flexibility index (Phi) is 4.14. The van der Waals surface area contributed by atoms with E-state index in [-0.39, 0.29) is 11.7 Å². The van der Waals surface area contributed by atoms with E-state index in [4.69, 9.17) is 4.74 Å². The molecule has 3 nitrogen and oxygen atoms in total. The van der Waals surface area contributed by atoms with Gasteiger partial charge < -0.3 is 10.1 Å². The molecule has 0 radical (unpaired) electrons. The van der Waals surface area contributed by atoms with Crippen molar-refractivity contribution in [1.29, 1.82) is 0 Å². The monoisotopic (exact) mass is 331 g/mol. The number of hydrogen-bond acceptors (Lipinski definition) is 3. The normalized spacial score (nSPS) is 16.4. The number of Topliss-reactive ketones (excluding diaryl/α,β-unsaturated/α-hetero) is 1. The van der Waals surface area contributed by atoms with Gasteiger partial charge >= 0.3 is 0 Å². The summed E-state index contributed by atoms with van der Waals surface area (Å²) in [6.45, 7) is 3.32. The standard InChI is InChI=1S/C22H21NO2/c1-2-13-25-20-12-6-11-18-21(20)23-14-19(22(18)24)17-10-5-8-15-7-3-4-9-16(15)17/h3-12,19,23H,2,13-14H2,1H3.